The molecule has 0 heterocycles. The van der Waals surface area contributed by atoms with Crippen molar-refractivity contribution in [3.63, 3.8) is 0 Å². The highest BCUT2D eigenvalue weighted by atomic mass is 79.9. The molecule has 1 aromatic carbocycles. The van der Waals surface area contributed by atoms with Crippen molar-refractivity contribution in [3.8, 4) is 0 Å². The number of hydrogen-bond acceptors (Lipinski definition) is 3. The third-order valence-electron chi connectivity index (χ3n) is 3.15. The molecule has 0 aliphatic carbocycles. The lowest BCUT2D eigenvalue weighted by atomic mass is 10.1. The van der Waals surface area contributed by atoms with Gasteiger partial charge in [0, 0.05) is 17.1 Å². The van der Waals surface area contributed by atoms with Crippen LogP contribution in [0.4, 0.5) is 0 Å². The first-order valence-corrected chi connectivity index (χ1v) is 8.48. The summed E-state index contributed by atoms with van der Waals surface area (Å²) in [7, 11) is -3.54. The van der Waals surface area contributed by atoms with Crippen LogP contribution in [-0.2, 0) is 16.6 Å². The van der Waals surface area contributed by atoms with Crippen molar-refractivity contribution in [3.05, 3.63) is 27.7 Å². The maximum atomic E-state index is 12.4. The molecule has 0 spiro atoms. The van der Waals surface area contributed by atoms with Crippen LogP contribution in [0.15, 0.2) is 21.5 Å². The Kier molecular flexibility index (Phi) is 5.55. The number of rotatable bonds is 5. The van der Waals surface area contributed by atoms with E-state index in [9.17, 15) is 8.42 Å². The molecule has 0 fully saturated rings. The van der Waals surface area contributed by atoms with Crippen LogP contribution in [0, 0.1) is 12.8 Å². The Morgan fingerprint density at radius 3 is 2.37 bits per heavy atom. The van der Waals surface area contributed by atoms with Crippen LogP contribution in [0.3, 0.4) is 0 Å². The van der Waals surface area contributed by atoms with Crippen molar-refractivity contribution in [2.45, 2.75) is 45.2 Å². The monoisotopic (exact) mass is 348 g/mol. The van der Waals surface area contributed by atoms with Gasteiger partial charge in [-0.25, -0.2) is 13.1 Å². The summed E-state index contributed by atoms with van der Waals surface area (Å²) in [4.78, 5) is 0.250. The van der Waals surface area contributed by atoms with E-state index in [1.165, 1.54) is 0 Å². The molecule has 3 N–H and O–H groups in total. The summed E-state index contributed by atoms with van der Waals surface area (Å²) in [6.07, 6.45) is 0. The van der Waals surface area contributed by atoms with Gasteiger partial charge in [-0.3, -0.25) is 0 Å². The van der Waals surface area contributed by atoms with Gasteiger partial charge < -0.3 is 5.73 Å². The Bertz CT molecular complexity index is 556. The second-order valence-electron chi connectivity index (χ2n) is 5.08. The Hall–Kier alpha value is -0.430. The van der Waals surface area contributed by atoms with Gasteiger partial charge in [0.25, 0.3) is 0 Å². The van der Waals surface area contributed by atoms with Crippen LogP contribution >= 0.6 is 15.9 Å². The van der Waals surface area contributed by atoms with Crippen LogP contribution in [0.2, 0.25) is 0 Å². The second-order valence-corrected chi connectivity index (χ2v) is 7.56. The average molecular weight is 349 g/mol. The number of sulfonamides is 1. The highest BCUT2D eigenvalue weighted by Gasteiger charge is 2.23. The molecule has 19 heavy (non-hydrogen) atoms. The minimum absolute atomic E-state index is 0.126. The van der Waals surface area contributed by atoms with E-state index in [2.05, 4.69) is 20.7 Å². The molecule has 4 nitrogen and oxygen atoms in total. The molecular formula is C13H21BrN2O2S. The van der Waals surface area contributed by atoms with Crippen LogP contribution < -0.4 is 10.5 Å². The fourth-order valence-electron chi connectivity index (χ4n) is 1.57. The maximum Gasteiger partial charge on any atom is 0.241 e. The van der Waals surface area contributed by atoms with Gasteiger partial charge in [-0.15, -0.1) is 0 Å². The van der Waals surface area contributed by atoms with E-state index in [1.54, 1.807) is 6.07 Å². The molecule has 0 aliphatic heterocycles. The summed E-state index contributed by atoms with van der Waals surface area (Å²) in [5.74, 6) is 0.229. The van der Waals surface area contributed by atoms with Gasteiger partial charge >= 0.3 is 0 Å². The van der Waals surface area contributed by atoms with Gasteiger partial charge in [0.15, 0.2) is 0 Å². The lowest BCUT2D eigenvalue weighted by molar-refractivity contribution is 0.476. The highest BCUT2D eigenvalue weighted by molar-refractivity contribution is 9.10. The van der Waals surface area contributed by atoms with Crippen LogP contribution in [0.25, 0.3) is 0 Å². The average Bonchev–Trinajstić information content (AvgIpc) is 2.31. The largest absolute Gasteiger partial charge is 0.326 e. The minimum Gasteiger partial charge on any atom is -0.326 e. The molecule has 0 aliphatic rings. The number of nitrogens with two attached hydrogens (primary N) is 1. The molecule has 1 unspecified atom stereocenters. The lowest BCUT2D eigenvalue weighted by Gasteiger charge is -2.19. The predicted molar refractivity (Wildman–Crippen MR) is 81.4 cm³/mol. The van der Waals surface area contributed by atoms with Gasteiger partial charge in [-0.2, -0.15) is 0 Å². The summed E-state index contributed by atoms with van der Waals surface area (Å²) in [5, 5.41) is 0. The van der Waals surface area contributed by atoms with E-state index in [4.69, 9.17) is 5.73 Å². The molecule has 0 radical (unpaired) electrons. The topological polar surface area (TPSA) is 72.2 Å². The summed E-state index contributed by atoms with van der Waals surface area (Å²) < 4.78 is 28.1. The fraction of sp³-hybridized carbons (Fsp3) is 0.538. The van der Waals surface area contributed by atoms with Crippen LogP contribution in [-0.4, -0.2) is 14.5 Å². The number of aryl methyl sites for hydroxylation is 1. The molecule has 1 rings (SSSR count). The highest BCUT2D eigenvalue weighted by Crippen LogP contribution is 2.27. The molecular weight excluding hydrogens is 328 g/mol. The van der Waals surface area contributed by atoms with Crippen LogP contribution in [0.5, 0.6) is 0 Å². The standard InChI is InChI=1S/C13H21BrN2O2S/c1-8(2)10(4)16-19(17,18)12-6-11(7-15)5-9(3)13(12)14/h5-6,8,10,16H,7,15H2,1-4H3. The van der Waals surface area contributed by atoms with Gasteiger partial charge in [0.1, 0.15) is 0 Å². The first-order valence-electron chi connectivity index (χ1n) is 6.20. The lowest BCUT2D eigenvalue weighted by Crippen LogP contribution is -2.36. The first-order chi connectivity index (χ1) is 8.69. The third-order valence-corrected chi connectivity index (χ3v) is 6.05. The van der Waals surface area contributed by atoms with E-state index >= 15 is 0 Å². The van der Waals surface area contributed by atoms with E-state index in [0.29, 0.717) is 11.0 Å². The van der Waals surface area contributed by atoms with E-state index in [1.807, 2.05) is 33.8 Å². The zero-order chi connectivity index (χ0) is 14.8. The molecule has 0 aromatic heterocycles. The zero-order valence-electron chi connectivity index (χ0n) is 11.7. The number of benzene rings is 1. The Labute approximate surface area is 124 Å². The summed E-state index contributed by atoms with van der Waals surface area (Å²) in [6.45, 7) is 7.98. The number of halogens is 1. The molecule has 1 aromatic rings. The number of hydrogen-bond donors (Lipinski definition) is 2. The number of nitrogens with one attached hydrogen (secondary N) is 1. The molecule has 6 heteroatoms. The maximum absolute atomic E-state index is 12.4. The minimum atomic E-state index is -3.54. The van der Waals surface area contributed by atoms with E-state index in [0.717, 1.165) is 11.1 Å². The van der Waals surface area contributed by atoms with Crippen molar-refractivity contribution >= 4 is 26.0 Å². The third kappa shape index (κ3) is 4.02. The van der Waals surface area contributed by atoms with Gasteiger partial charge in [-0.05, 0) is 52.9 Å². The molecule has 108 valence electrons. The molecule has 0 saturated carbocycles. The predicted octanol–water partition coefficient (Wildman–Crippen LogP) is 2.54. The Balaban J connectivity index is 3.25. The zero-order valence-corrected chi connectivity index (χ0v) is 14.1. The van der Waals surface area contributed by atoms with Crippen molar-refractivity contribution in [1.82, 2.24) is 4.72 Å². The van der Waals surface area contributed by atoms with E-state index < -0.39 is 10.0 Å². The molecule has 0 amide bonds. The first kappa shape index (κ1) is 16.6. The van der Waals surface area contributed by atoms with Crippen molar-refractivity contribution in [2.75, 3.05) is 0 Å². The summed E-state index contributed by atoms with van der Waals surface area (Å²) in [6, 6.07) is 3.38. The van der Waals surface area contributed by atoms with Crippen molar-refractivity contribution < 1.29 is 8.42 Å². The Morgan fingerprint density at radius 1 is 1.32 bits per heavy atom. The smallest absolute Gasteiger partial charge is 0.241 e. The van der Waals surface area contributed by atoms with Gasteiger partial charge in [-0.1, -0.05) is 19.9 Å². The quantitative estimate of drug-likeness (QED) is 0.858. The normalized spacial score (nSPS) is 13.8. The van der Waals surface area contributed by atoms with Gasteiger partial charge in [0.05, 0.1) is 4.90 Å². The van der Waals surface area contributed by atoms with Gasteiger partial charge in [0.2, 0.25) is 10.0 Å². The molecule has 1 atom stereocenters. The fourth-order valence-corrected chi connectivity index (χ4v) is 4.03. The summed E-state index contributed by atoms with van der Waals surface area (Å²) >= 11 is 3.35. The molecule has 0 bridgehead atoms. The van der Waals surface area contributed by atoms with Crippen molar-refractivity contribution in [2.24, 2.45) is 11.7 Å². The van der Waals surface area contributed by atoms with Crippen LogP contribution in [0.1, 0.15) is 31.9 Å². The SMILES string of the molecule is Cc1cc(CN)cc(S(=O)(=O)NC(C)C(C)C)c1Br. The molecule has 0 saturated heterocycles. The Morgan fingerprint density at radius 2 is 1.89 bits per heavy atom. The summed E-state index contributed by atoms with van der Waals surface area (Å²) in [5.41, 5.74) is 7.27. The van der Waals surface area contributed by atoms with Crippen molar-refractivity contribution in [1.29, 1.82) is 0 Å². The second kappa shape index (κ2) is 6.35. The van der Waals surface area contributed by atoms with E-state index in [-0.39, 0.29) is 16.9 Å².